The highest BCUT2D eigenvalue weighted by atomic mass is 28.3. The van der Waals surface area contributed by atoms with Crippen LogP contribution < -0.4 is 0 Å². The fourth-order valence-corrected chi connectivity index (χ4v) is 6.01. The topological polar surface area (TPSA) is 17.1 Å². The number of unbranched alkanes of at least 4 members (excludes halogenated alkanes) is 7. The summed E-state index contributed by atoms with van der Waals surface area (Å²) in [6, 6.07) is 0. The van der Waals surface area contributed by atoms with E-state index in [-0.39, 0.29) is 11.0 Å². The third-order valence-corrected chi connectivity index (χ3v) is 7.10. The molecule has 0 aromatic heterocycles. The fourth-order valence-electron chi connectivity index (χ4n) is 3.30. The average molecular weight is 351 g/mol. The Morgan fingerprint density at radius 2 is 1.42 bits per heavy atom. The quantitative estimate of drug-likeness (QED) is 0.201. The van der Waals surface area contributed by atoms with Gasteiger partial charge in [0.2, 0.25) is 0 Å². The van der Waals surface area contributed by atoms with Crippen molar-refractivity contribution in [1.29, 1.82) is 0 Å². The lowest BCUT2D eigenvalue weighted by Crippen LogP contribution is -2.39. The normalized spacial score (nSPS) is 14.5. The van der Waals surface area contributed by atoms with Crippen LogP contribution in [-0.2, 0) is 4.79 Å². The summed E-state index contributed by atoms with van der Waals surface area (Å²) in [5.41, 5.74) is 1.24. The highest BCUT2D eigenvalue weighted by Crippen LogP contribution is 2.37. The molecule has 2 heteroatoms. The molecular weight excluding hydrogens is 308 g/mol. The Bertz CT molecular complexity index is 407. The van der Waals surface area contributed by atoms with Crippen LogP contribution >= 0.6 is 0 Å². The molecule has 0 fully saturated rings. The summed E-state index contributed by atoms with van der Waals surface area (Å²) in [5.74, 6) is 0.428. The van der Waals surface area contributed by atoms with Crippen LogP contribution in [0.25, 0.3) is 0 Å². The molecule has 24 heavy (non-hydrogen) atoms. The van der Waals surface area contributed by atoms with Crippen LogP contribution in [-0.4, -0.2) is 13.9 Å². The Labute approximate surface area is 153 Å². The van der Waals surface area contributed by atoms with Crippen molar-refractivity contribution in [3.63, 3.8) is 0 Å². The summed E-state index contributed by atoms with van der Waals surface area (Å²) in [6.45, 7) is 19.1. The zero-order valence-corrected chi connectivity index (χ0v) is 18.5. The van der Waals surface area contributed by atoms with Crippen LogP contribution in [0.2, 0.25) is 25.2 Å². The van der Waals surface area contributed by atoms with E-state index < -0.39 is 8.07 Å². The molecule has 0 aliphatic carbocycles. The number of ketones is 1. The van der Waals surface area contributed by atoms with Gasteiger partial charge in [-0.25, -0.2) is 0 Å². The maximum atomic E-state index is 12.9. The van der Waals surface area contributed by atoms with Gasteiger partial charge in [0.1, 0.15) is 5.78 Å². The van der Waals surface area contributed by atoms with Crippen LogP contribution in [0.5, 0.6) is 0 Å². The minimum absolute atomic E-state index is 0.163. The second kappa shape index (κ2) is 11.1. The summed E-state index contributed by atoms with van der Waals surface area (Å²) in [4.78, 5) is 12.9. The zero-order chi connectivity index (χ0) is 18.8. The Morgan fingerprint density at radius 1 is 0.958 bits per heavy atom. The van der Waals surface area contributed by atoms with Gasteiger partial charge < -0.3 is 0 Å². The number of carbonyl (C=O) groups excluding carboxylic acids is 1. The zero-order valence-electron chi connectivity index (χ0n) is 17.5. The Balaban J connectivity index is 4.41. The SMILES string of the molecule is C=CCCCCCCCC/C=C(/C)C(C(=O)C(C)(C)C)[Si](C)(C)C. The van der Waals surface area contributed by atoms with E-state index in [4.69, 9.17) is 0 Å². The Hall–Kier alpha value is -0.633. The first-order valence-electron chi connectivity index (χ1n) is 9.83. The number of hydrogen-bond donors (Lipinski definition) is 0. The highest BCUT2D eigenvalue weighted by Gasteiger charge is 2.39. The van der Waals surface area contributed by atoms with Crippen molar-refractivity contribution in [3.05, 3.63) is 24.3 Å². The fraction of sp³-hybridized carbons (Fsp3) is 0.773. The first-order valence-corrected chi connectivity index (χ1v) is 13.4. The van der Waals surface area contributed by atoms with E-state index in [9.17, 15) is 4.79 Å². The van der Waals surface area contributed by atoms with Crippen LogP contribution in [0, 0.1) is 5.41 Å². The van der Waals surface area contributed by atoms with Gasteiger partial charge in [-0.2, -0.15) is 0 Å². The molecule has 1 nitrogen and oxygen atoms in total. The molecule has 0 saturated heterocycles. The molecular formula is C22H42OSi. The average Bonchev–Trinajstić information content (AvgIpc) is 2.43. The van der Waals surface area contributed by atoms with Gasteiger partial charge in [-0.1, -0.05) is 83.8 Å². The molecule has 0 spiro atoms. The Morgan fingerprint density at radius 3 is 1.83 bits per heavy atom. The smallest absolute Gasteiger partial charge is 0.142 e. The van der Waals surface area contributed by atoms with Gasteiger partial charge in [-0.05, 0) is 32.6 Å². The molecule has 0 N–H and O–H groups in total. The van der Waals surface area contributed by atoms with Gasteiger partial charge in [-0.3, -0.25) is 4.79 Å². The van der Waals surface area contributed by atoms with Gasteiger partial charge >= 0.3 is 0 Å². The van der Waals surface area contributed by atoms with E-state index in [2.05, 4.69) is 60.0 Å². The van der Waals surface area contributed by atoms with Crippen LogP contribution in [0.1, 0.15) is 79.1 Å². The monoisotopic (exact) mass is 350 g/mol. The molecule has 0 aliphatic rings. The summed E-state index contributed by atoms with van der Waals surface area (Å²) in [5, 5.41) is 0. The first kappa shape index (κ1) is 23.4. The predicted octanol–water partition coefficient (Wildman–Crippen LogP) is 7.56. The number of hydrogen-bond acceptors (Lipinski definition) is 1. The molecule has 140 valence electrons. The van der Waals surface area contributed by atoms with Crippen molar-refractivity contribution >= 4 is 13.9 Å². The third kappa shape index (κ3) is 9.61. The highest BCUT2D eigenvalue weighted by molar-refractivity contribution is 6.81. The summed E-state index contributed by atoms with van der Waals surface area (Å²) >= 11 is 0. The predicted molar refractivity (Wildman–Crippen MR) is 112 cm³/mol. The molecule has 0 aliphatic heterocycles. The lowest BCUT2D eigenvalue weighted by Gasteiger charge is -2.33. The molecule has 0 saturated carbocycles. The number of carbonyl (C=O) groups is 1. The van der Waals surface area contributed by atoms with Crippen molar-refractivity contribution in [2.45, 2.75) is 104 Å². The first-order chi connectivity index (χ1) is 11.0. The molecule has 0 bridgehead atoms. The Kier molecular flexibility index (Phi) is 10.8. The van der Waals surface area contributed by atoms with Crippen molar-refractivity contribution in [3.8, 4) is 0 Å². The molecule has 0 radical (unpaired) electrons. The second-order valence-electron chi connectivity index (χ2n) is 9.35. The van der Waals surface area contributed by atoms with Crippen molar-refractivity contribution in [2.24, 2.45) is 5.41 Å². The van der Waals surface area contributed by atoms with E-state index in [0.717, 1.165) is 12.8 Å². The van der Waals surface area contributed by atoms with Crippen molar-refractivity contribution in [1.82, 2.24) is 0 Å². The minimum Gasteiger partial charge on any atom is -0.299 e. The number of allylic oxidation sites excluding steroid dienone is 3. The molecule has 0 rings (SSSR count). The van der Waals surface area contributed by atoms with Gasteiger partial charge in [0.15, 0.2) is 0 Å². The van der Waals surface area contributed by atoms with Crippen LogP contribution in [0.4, 0.5) is 0 Å². The summed E-state index contributed by atoms with van der Waals surface area (Å²) < 4.78 is 0. The van der Waals surface area contributed by atoms with Crippen LogP contribution in [0.3, 0.4) is 0 Å². The molecule has 0 aromatic rings. The molecule has 0 heterocycles. The summed E-state index contributed by atoms with van der Waals surface area (Å²) in [7, 11) is -1.54. The second-order valence-corrected chi connectivity index (χ2v) is 14.7. The molecule has 0 amide bonds. The standard InChI is InChI=1S/C22H42OSi/c1-9-10-11-12-13-14-15-16-17-18-19(2)20(24(6,7)8)21(23)22(3,4)5/h9,18,20H,1,10-17H2,2-8H3/b19-18-. The van der Waals surface area contributed by atoms with E-state index in [1.165, 1.54) is 44.1 Å². The van der Waals surface area contributed by atoms with Crippen LogP contribution in [0.15, 0.2) is 24.3 Å². The van der Waals surface area contributed by atoms with Crippen molar-refractivity contribution in [2.75, 3.05) is 0 Å². The number of Topliss-reactive ketones (excluding diaryl/α,β-unsaturated/α-hetero) is 1. The molecule has 1 unspecified atom stereocenters. The van der Waals surface area contributed by atoms with E-state index in [0.29, 0.717) is 5.78 Å². The number of rotatable bonds is 12. The van der Waals surface area contributed by atoms with E-state index in [1.54, 1.807) is 0 Å². The van der Waals surface area contributed by atoms with Gasteiger partial charge in [-0.15, -0.1) is 6.58 Å². The van der Waals surface area contributed by atoms with E-state index in [1.807, 2.05) is 6.08 Å². The van der Waals surface area contributed by atoms with E-state index >= 15 is 0 Å². The maximum absolute atomic E-state index is 12.9. The van der Waals surface area contributed by atoms with Gasteiger partial charge in [0.05, 0.1) is 8.07 Å². The molecule has 0 aromatic carbocycles. The van der Waals surface area contributed by atoms with Gasteiger partial charge in [0.25, 0.3) is 0 Å². The maximum Gasteiger partial charge on any atom is 0.142 e. The summed E-state index contributed by atoms with van der Waals surface area (Å²) in [6.07, 6.45) is 14.5. The lowest BCUT2D eigenvalue weighted by molar-refractivity contribution is -0.125. The molecule has 1 atom stereocenters. The minimum atomic E-state index is -1.54. The van der Waals surface area contributed by atoms with Gasteiger partial charge in [0, 0.05) is 11.0 Å². The largest absolute Gasteiger partial charge is 0.299 e. The lowest BCUT2D eigenvalue weighted by atomic mass is 9.86. The van der Waals surface area contributed by atoms with Crippen molar-refractivity contribution < 1.29 is 4.79 Å². The third-order valence-electron chi connectivity index (χ3n) is 4.65.